The van der Waals surface area contributed by atoms with Crippen molar-refractivity contribution in [2.75, 3.05) is 7.11 Å². The molecule has 0 aromatic heterocycles. The molecule has 2 atom stereocenters. The molecule has 1 aromatic rings. The van der Waals surface area contributed by atoms with Crippen LogP contribution < -0.4 is 5.32 Å². The van der Waals surface area contributed by atoms with Crippen molar-refractivity contribution in [3.8, 4) is 0 Å². The van der Waals surface area contributed by atoms with Gasteiger partial charge >= 0.3 is 5.97 Å². The lowest BCUT2D eigenvalue weighted by Gasteiger charge is -2.24. The van der Waals surface area contributed by atoms with Crippen molar-refractivity contribution in [3.05, 3.63) is 35.9 Å². The first kappa shape index (κ1) is 15.2. The molecular weight excluding hydrogens is 242 g/mol. The van der Waals surface area contributed by atoms with E-state index in [0.29, 0.717) is 0 Å². The Kier molecular flexibility index (Phi) is 5.55. The summed E-state index contributed by atoms with van der Waals surface area (Å²) in [5, 5.41) is 2.91. The van der Waals surface area contributed by atoms with Gasteiger partial charge in [-0.05, 0) is 12.5 Å². The molecule has 0 unspecified atom stereocenters. The molecule has 104 valence electrons. The lowest BCUT2D eigenvalue weighted by Crippen LogP contribution is -2.38. The maximum Gasteiger partial charge on any atom is 0.310 e. The van der Waals surface area contributed by atoms with Crippen LogP contribution in [0.1, 0.15) is 32.4 Å². The van der Waals surface area contributed by atoms with Crippen LogP contribution in [-0.4, -0.2) is 19.0 Å². The molecule has 0 bridgehead atoms. The summed E-state index contributed by atoms with van der Waals surface area (Å²) in [6.07, 6.45) is 0. The first-order valence-electron chi connectivity index (χ1n) is 6.40. The van der Waals surface area contributed by atoms with E-state index in [9.17, 15) is 9.59 Å². The molecule has 19 heavy (non-hydrogen) atoms. The molecule has 1 N–H and O–H groups in total. The predicted molar refractivity (Wildman–Crippen MR) is 73.3 cm³/mol. The van der Waals surface area contributed by atoms with Crippen molar-refractivity contribution in [1.29, 1.82) is 0 Å². The predicted octanol–water partition coefficient (Wildman–Crippen LogP) is 2.31. The van der Waals surface area contributed by atoms with Crippen LogP contribution in [0.2, 0.25) is 0 Å². The third-order valence-electron chi connectivity index (χ3n) is 3.05. The molecule has 0 aliphatic heterocycles. The molecular formula is C15H21NO3. The standard InChI is InChI=1S/C15H21NO3/c1-10(2)14(17)16-13(11(3)15(18)19-4)12-8-6-5-7-9-12/h5-11,13H,1-4H3,(H,16,17)/t11-,13+/m0/s1. The van der Waals surface area contributed by atoms with Crippen molar-refractivity contribution in [3.63, 3.8) is 0 Å². The number of carbonyl (C=O) groups is 2. The van der Waals surface area contributed by atoms with Crippen molar-refractivity contribution in [2.24, 2.45) is 11.8 Å². The zero-order chi connectivity index (χ0) is 14.4. The second kappa shape index (κ2) is 6.92. The molecule has 0 aliphatic rings. The van der Waals surface area contributed by atoms with E-state index in [1.54, 1.807) is 6.92 Å². The minimum atomic E-state index is -0.435. The van der Waals surface area contributed by atoms with Crippen LogP contribution in [0.4, 0.5) is 0 Å². The van der Waals surface area contributed by atoms with Gasteiger partial charge in [0.05, 0.1) is 19.1 Å². The summed E-state index contributed by atoms with van der Waals surface area (Å²) >= 11 is 0. The van der Waals surface area contributed by atoms with Gasteiger partial charge in [-0.15, -0.1) is 0 Å². The first-order valence-corrected chi connectivity index (χ1v) is 6.40. The van der Waals surface area contributed by atoms with Crippen LogP contribution in [0.15, 0.2) is 30.3 Å². The molecule has 1 aromatic carbocycles. The number of amides is 1. The van der Waals surface area contributed by atoms with E-state index >= 15 is 0 Å². The number of methoxy groups -OCH3 is 1. The highest BCUT2D eigenvalue weighted by Gasteiger charge is 2.28. The monoisotopic (exact) mass is 263 g/mol. The normalized spacial score (nSPS) is 13.7. The fourth-order valence-corrected chi connectivity index (χ4v) is 1.80. The molecule has 0 aliphatic carbocycles. The summed E-state index contributed by atoms with van der Waals surface area (Å²) in [6, 6.07) is 9.08. The largest absolute Gasteiger partial charge is 0.469 e. The minimum Gasteiger partial charge on any atom is -0.469 e. The molecule has 0 spiro atoms. The third kappa shape index (κ3) is 4.09. The Balaban J connectivity index is 2.98. The van der Waals surface area contributed by atoms with E-state index in [1.165, 1.54) is 7.11 Å². The first-order chi connectivity index (χ1) is 8.97. The summed E-state index contributed by atoms with van der Waals surface area (Å²) in [6.45, 7) is 5.39. The van der Waals surface area contributed by atoms with Crippen LogP contribution in [0.5, 0.6) is 0 Å². The molecule has 0 fully saturated rings. The smallest absolute Gasteiger partial charge is 0.310 e. The number of hydrogen-bond acceptors (Lipinski definition) is 3. The number of ether oxygens (including phenoxy) is 1. The highest BCUT2D eigenvalue weighted by Crippen LogP contribution is 2.23. The Morgan fingerprint density at radius 3 is 2.16 bits per heavy atom. The van der Waals surface area contributed by atoms with Crippen LogP contribution in [0, 0.1) is 11.8 Å². The van der Waals surface area contributed by atoms with Crippen molar-refractivity contribution in [2.45, 2.75) is 26.8 Å². The summed E-state index contributed by atoms with van der Waals surface area (Å²) in [7, 11) is 1.35. The SMILES string of the molecule is COC(=O)[C@@H](C)[C@@H](NC(=O)C(C)C)c1ccccc1. The Hall–Kier alpha value is -1.84. The van der Waals surface area contributed by atoms with E-state index < -0.39 is 5.92 Å². The van der Waals surface area contributed by atoms with Gasteiger partial charge in [0.1, 0.15) is 0 Å². The van der Waals surface area contributed by atoms with Crippen LogP contribution in [0.25, 0.3) is 0 Å². The Morgan fingerprint density at radius 1 is 1.11 bits per heavy atom. The Bertz CT molecular complexity index is 428. The molecule has 4 nitrogen and oxygen atoms in total. The lowest BCUT2D eigenvalue weighted by atomic mass is 9.94. The quantitative estimate of drug-likeness (QED) is 0.829. The van der Waals surface area contributed by atoms with Gasteiger partial charge in [-0.1, -0.05) is 44.2 Å². The number of benzene rings is 1. The van der Waals surface area contributed by atoms with Crippen molar-refractivity contribution >= 4 is 11.9 Å². The van der Waals surface area contributed by atoms with E-state index in [4.69, 9.17) is 4.74 Å². The summed E-state index contributed by atoms with van der Waals surface area (Å²) in [4.78, 5) is 23.6. The highest BCUT2D eigenvalue weighted by molar-refractivity contribution is 5.80. The summed E-state index contributed by atoms with van der Waals surface area (Å²) < 4.78 is 4.77. The average Bonchev–Trinajstić information content (AvgIpc) is 2.43. The molecule has 4 heteroatoms. The molecule has 0 saturated carbocycles. The second-order valence-electron chi connectivity index (χ2n) is 4.86. The topological polar surface area (TPSA) is 55.4 Å². The van der Waals surface area contributed by atoms with Crippen molar-refractivity contribution in [1.82, 2.24) is 5.32 Å². The summed E-state index contributed by atoms with van der Waals surface area (Å²) in [5.74, 6) is -0.978. The van der Waals surface area contributed by atoms with Crippen LogP contribution in [-0.2, 0) is 14.3 Å². The number of rotatable bonds is 5. The van der Waals surface area contributed by atoms with E-state index in [2.05, 4.69) is 5.32 Å². The van der Waals surface area contributed by atoms with E-state index in [-0.39, 0.29) is 23.8 Å². The number of carbonyl (C=O) groups excluding carboxylic acids is 2. The fraction of sp³-hybridized carbons (Fsp3) is 0.467. The van der Waals surface area contributed by atoms with Crippen LogP contribution in [0.3, 0.4) is 0 Å². The van der Waals surface area contributed by atoms with Gasteiger partial charge in [-0.2, -0.15) is 0 Å². The molecule has 0 heterocycles. The third-order valence-corrected chi connectivity index (χ3v) is 3.05. The zero-order valence-corrected chi connectivity index (χ0v) is 11.8. The van der Waals surface area contributed by atoms with E-state index in [1.807, 2.05) is 44.2 Å². The Labute approximate surface area is 114 Å². The Morgan fingerprint density at radius 2 is 1.68 bits per heavy atom. The van der Waals surface area contributed by atoms with Gasteiger partial charge < -0.3 is 10.1 Å². The van der Waals surface area contributed by atoms with Gasteiger partial charge in [0.2, 0.25) is 5.91 Å². The molecule has 1 amide bonds. The van der Waals surface area contributed by atoms with Crippen LogP contribution >= 0.6 is 0 Å². The van der Waals surface area contributed by atoms with Gasteiger partial charge in [0, 0.05) is 5.92 Å². The average molecular weight is 263 g/mol. The fourth-order valence-electron chi connectivity index (χ4n) is 1.80. The number of hydrogen-bond donors (Lipinski definition) is 1. The molecule has 1 rings (SSSR count). The van der Waals surface area contributed by atoms with Gasteiger partial charge in [-0.25, -0.2) is 0 Å². The maximum absolute atomic E-state index is 11.9. The van der Waals surface area contributed by atoms with Gasteiger partial charge in [-0.3, -0.25) is 9.59 Å². The maximum atomic E-state index is 11.9. The number of esters is 1. The van der Waals surface area contributed by atoms with E-state index in [0.717, 1.165) is 5.56 Å². The minimum absolute atomic E-state index is 0.0791. The second-order valence-corrected chi connectivity index (χ2v) is 4.86. The zero-order valence-electron chi connectivity index (χ0n) is 11.8. The summed E-state index contributed by atoms with van der Waals surface area (Å²) in [5.41, 5.74) is 0.898. The van der Waals surface area contributed by atoms with Gasteiger partial charge in [0.25, 0.3) is 0 Å². The van der Waals surface area contributed by atoms with Gasteiger partial charge in [0.15, 0.2) is 0 Å². The molecule has 0 radical (unpaired) electrons. The lowest BCUT2D eigenvalue weighted by molar-refractivity contribution is -0.146. The highest BCUT2D eigenvalue weighted by atomic mass is 16.5. The number of nitrogens with one attached hydrogen (secondary N) is 1. The molecule has 0 saturated heterocycles. The van der Waals surface area contributed by atoms with Crippen molar-refractivity contribution < 1.29 is 14.3 Å².